The van der Waals surface area contributed by atoms with Gasteiger partial charge in [0.05, 0.1) is 0 Å². The average molecular weight is 386 g/mol. The standard InChI is InChI=1S/C23H30O5/c1-14(9-10-28-17(4)24)22-15(2)11-18-13-19(25)12-16(3)23(18)20(22)7-5-6-8-21(26)27/h5-9,11,16,18,20,22-23H,10,12-13H2,1-4H3,(H,26,27)/b7-5+,8-6+,14-9?/t16-,18+,20+,22+,23+/m0/s1. The summed E-state index contributed by atoms with van der Waals surface area (Å²) in [7, 11) is 0. The molecule has 0 aromatic carbocycles. The maximum atomic E-state index is 12.1. The Morgan fingerprint density at radius 1 is 1.25 bits per heavy atom. The second kappa shape index (κ2) is 9.67. The Balaban J connectivity index is 2.37. The Bertz CT molecular complexity index is 740. The maximum Gasteiger partial charge on any atom is 0.328 e. The third kappa shape index (κ3) is 5.54. The van der Waals surface area contributed by atoms with Gasteiger partial charge in [-0.25, -0.2) is 4.79 Å². The molecule has 2 rings (SSSR count). The minimum Gasteiger partial charge on any atom is -0.478 e. The molecule has 0 spiro atoms. The second-order valence-corrected chi connectivity index (χ2v) is 7.96. The van der Waals surface area contributed by atoms with Gasteiger partial charge in [-0.3, -0.25) is 9.59 Å². The molecule has 0 aromatic rings. The first-order chi connectivity index (χ1) is 13.2. The number of ketones is 1. The molecule has 0 aromatic heterocycles. The van der Waals surface area contributed by atoms with Gasteiger partial charge in [0, 0.05) is 31.8 Å². The smallest absolute Gasteiger partial charge is 0.328 e. The number of carboxylic acid groups (broad SMARTS) is 1. The van der Waals surface area contributed by atoms with Crippen LogP contribution in [-0.2, 0) is 19.1 Å². The topological polar surface area (TPSA) is 80.7 Å². The number of hydrogen-bond acceptors (Lipinski definition) is 4. The van der Waals surface area contributed by atoms with Crippen molar-refractivity contribution in [2.75, 3.05) is 6.61 Å². The zero-order valence-corrected chi connectivity index (χ0v) is 17.1. The van der Waals surface area contributed by atoms with E-state index in [9.17, 15) is 14.4 Å². The lowest BCUT2D eigenvalue weighted by Gasteiger charge is -2.46. The van der Waals surface area contributed by atoms with Crippen LogP contribution in [0.1, 0.15) is 40.5 Å². The van der Waals surface area contributed by atoms with Crippen LogP contribution < -0.4 is 0 Å². The number of ether oxygens (including phenoxy) is 1. The van der Waals surface area contributed by atoms with Crippen LogP contribution >= 0.6 is 0 Å². The Morgan fingerprint density at radius 2 is 1.96 bits per heavy atom. The average Bonchev–Trinajstić information content (AvgIpc) is 2.56. The van der Waals surface area contributed by atoms with Crippen molar-refractivity contribution >= 4 is 17.7 Å². The fourth-order valence-electron chi connectivity index (χ4n) is 4.85. The highest BCUT2D eigenvalue weighted by molar-refractivity contribution is 5.80. The quantitative estimate of drug-likeness (QED) is 0.321. The van der Waals surface area contributed by atoms with Crippen LogP contribution in [0, 0.1) is 29.6 Å². The zero-order valence-electron chi connectivity index (χ0n) is 17.1. The van der Waals surface area contributed by atoms with E-state index < -0.39 is 5.97 Å². The van der Waals surface area contributed by atoms with Crippen molar-refractivity contribution in [1.29, 1.82) is 0 Å². The van der Waals surface area contributed by atoms with Crippen molar-refractivity contribution in [3.05, 3.63) is 47.6 Å². The summed E-state index contributed by atoms with van der Waals surface area (Å²) in [6.45, 7) is 7.88. The Morgan fingerprint density at radius 3 is 2.61 bits per heavy atom. The number of carboxylic acids is 1. The summed E-state index contributed by atoms with van der Waals surface area (Å²) in [5.41, 5.74) is 2.33. The van der Waals surface area contributed by atoms with Crippen LogP contribution in [-0.4, -0.2) is 29.4 Å². The highest BCUT2D eigenvalue weighted by Crippen LogP contribution is 2.49. The molecule has 2 aliphatic rings. The third-order valence-electron chi connectivity index (χ3n) is 5.83. The Hall–Kier alpha value is -2.43. The van der Waals surface area contributed by atoms with E-state index in [2.05, 4.69) is 26.0 Å². The minimum absolute atomic E-state index is 0.141. The van der Waals surface area contributed by atoms with Crippen LogP contribution in [0.3, 0.4) is 0 Å². The van der Waals surface area contributed by atoms with Gasteiger partial charge < -0.3 is 9.84 Å². The van der Waals surface area contributed by atoms with Crippen molar-refractivity contribution in [3.63, 3.8) is 0 Å². The van der Waals surface area contributed by atoms with Crippen molar-refractivity contribution in [3.8, 4) is 0 Å². The number of fused-ring (bicyclic) bond motifs is 1. The van der Waals surface area contributed by atoms with Gasteiger partial charge in [0.1, 0.15) is 12.4 Å². The van der Waals surface area contributed by atoms with E-state index in [4.69, 9.17) is 9.84 Å². The molecule has 1 saturated carbocycles. The number of aliphatic carboxylic acids is 1. The lowest BCUT2D eigenvalue weighted by molar-refractivity contribution is -0.139. The molecule has 0 aliphatic heterocycles. The summed E-state index contributed by atoms with van der Waals surface area (Å²) in [6.07, 6.45) is 11.9. The van der Waals surface area contributed by atoms with Gasteiger partial charge in [-0.05, 0) is 43.6 Å². The van der Waals surface area contributed by atoms with Crippen molar-refractivity contribution < 1.29 is 24.2 Å². The molecule has 2 aliphatic carbocycles. The summed E-state index contributed by atoms with van der Waals surface area (Å²) >= 11 is 0. The van der Waals surface area contributed by atoms with Crippen LogP contribution in [0.4, 0.5) is 0 Å². The highest BCUT2D eigenvalue weighted by Gasteiger charge is 2.44. The van der Waals surface area contributed by atoms with Crippen LogP contribution in [0.2, 0.25) is 0 Å². The van der Waals surface area contributed by atoms with Crippen molar-refractivity contribution in [2.24, 2.45) is 29.6 Å². The number of esters is 1. The summed E-state index contributed by atoms with van der Waals surface area (Å²) in [5, 5.41) is 8.82. The molecule has 28 heavy (non-hydrogen) atoms. The van der Waals surface area contributed by atoms with Crippen LogP contribution in [0.15, 0.2) is 47.6 Å². The molecule has 1 fully saturated rings. The highest BCUT2D eigenvalue weighted by atomic mass is 16.5. The monoisotopic (exact) mass is 386 g/mol. The van der Waals surface area contributed by atoms with Gasteiger partial charge in [0.15, 0.2) is 0 Å². The molecule has 152 valence electrons. The summed E-state index contributed by atoms with van der Waals surface area (Å²) in [5.74, 6) is 0.115. The molecule has 0 heterocycles. The van der Waals surface area contributed by atoms with E-state index in [1.165, 1.54) is 12.5 Å². The predicted octanol–water partition coefficient (Wildman–Crippen LogP) is 4.12. The molecular formula is C23H30O5. The Labute approximate surface area is 166 Å². The molecule has 0 saturated heterocycles. The molecular weight excluding hydrogens is 356 g/mol. The maximum absolute atomic E-state index is 12.1. The van der Waals surface area contributed by atoms with E-state index in [0.29, 0.717) is 24.5 Å². The van der Waals surface area contributed by atoms with Gasteiger partial charge in [-0.1, -0.05) is 42.4 Å². The molecule has 0 unspecified atom stereocenters. The van der Waals surface area contributed by atoms with E-state index in [1.807, 2.05) is 13.0 Å². The molecule has 5 atom stereocenters. The normalized spacial score (nSPS) is 31.0. The summed E-state index contributed by atoms with van der Waals surface area (Å²) in [6, 6.07) is 0. The van der Waals surface area contributed by atoms with E-state index in [1.54, 1.807) is 12.2 Å². The van der Waals surface area contributed by atoms with E-state index >= 15 is 0 Å². The number of rotatable bonds is 6. The zero-order chi connectivity index (χ0) is 20.8. The Kier molecular flexibility index (Phi) is 7.55. The largest absolute Gasteiger partial charge is 0.478 e. The van der Waals surface area contributed by atoms with Gasteiger partial charge in [0.25, 0.3) is 0 Å². The predicted molar refractivity (Wildman–Crippen MR) is 107 cm³/mol. The number of carbonyl (C=O) groups is 3. The third-order valence-corrected chi connectivity index (χ3v) is 5.83. The van der Waals surface area contributed by atoms with E-state index in [0.717, 1.165) is 11.6 Å². The second-order valence-electron chi connectivity index (χ2n) is 7.96. The first-order valence-electron chi connectivity index (χ1n) is 9.78. The number of allylic oxidation sites excluding steroid dienone is 6. The number of Topliss-reactive ketones (excluding diaryl/α,β-unsaturated/α-hetero) is 1. The summed E-state index contributed by atoms with van der Waals surface area (Å²) in [4.78, 5) is 33.9. The number of carbonyl (C=O) groups excluding carboxylic acids is 2. The first-order valence-corrected chi connectivity index (χ1v) is 9.78. The van der Waals surface area contributed by atoms with Crippen LogP contribution in [0.5, 0.6) is 0 Å². The van der Waals surface area contributed by atoms with Crippen LogP contribution in [0.25, 0.3) is 0 Å². The molecule has 0 amide bonds. The molecule has 5 nitrogen and oxygen atoms in total. The summed E-state index contributed by atoms with van der Waals surface area (Å²) < 4.78 is 5.07. The molecule has 0 radical (unpaired) electrons. The fourth-order valence-corrected chi connectivity index (χ4v) is 4.85. The van der Waals surface area contributed by atoms with Crippen molar-refractivity contribution in [2.45, 2.75) is 40.5 Å². The lowest BCUT2D eigenvalue weighted by atomic mass is 9.57. The van der Waals surface area contributed by atoms with Crippen molar-refractivity contribution in [1.82, 2.24) is 0 Å². The van der Waals surface area contributed by atoms with Gasteiger partial charge in [-0.2, -0.15) is 0 Å². The number of hydrogen-bond donors (Lipinski definition) is 1. The lowest BCUT2D eigenvalue weighted by Crippen LogP contribution is -2.41. The van der Waals surface area contributed by atoms with Gasteiger partial charge in [0.2, 0.25) is 0 Å². The molecule has 5 heteroatoms. The van der Waals surface area contributed by atoms with E-state index in [-0.39, 0.29) is 36.2 Å². The SMILES string of the molecule is CC(=O)OCC=C(C)[C@@H]1C(C)=C[C@@H]2CC(=O)C[C@H](C)[C@H]2[C@@H]1/C=C/C=C/C(=O)O. The first kappa shape index (κ1) is 21.9. The molecule has 0 bridgehead atoms. The molecule has 1 N–H and O–H groups in total. The van der Waals surface area contributed by atoms with Gasteiger partial charge in [-0.15, -0.1) is 0 Å². The van der Waals surface area contributed by atoms with Gasteiger partial charge >= 0.3 is 11.9 Å². The fraction of sp³-hybridized carbons (Fsp3) is 0.522. The minimum atomic E-state index is -0.979.